The van der Waals surface area contributed by atoms with Gasteiger partial charge < -0.3 is 14.4 Å². The minimum absolute atomic E-state index is 0.0937. The van der Waals surface area contributed by atoms with Crippen LogP contribution in [0.25, 0.3) is 11.4 Å². The van der Waals surface area contributed by atoms with Crippen molar-refractivity contribution in [2.45, 2.75) is 6.61 Å². The number of hydrogen-bond acceptors (Lipinski definition) is 3. The summed E-state index contributed by atoms with van der Waals surface area (Å²) in [5, 5.41) is 9.19. The van der Waals surface area contributed by atoms with Crippen LogP contribution in [-0.4, -0.2) is 21.8 Å². The first-order chi connectivity index (χ1) is 8.19. The van der Waals surface area contributed by atoms with Crippen LogP contribution in [0.4, 0.5) is 0 Å². The Hall–Kier alpha value is -1.33. The highest BCUT2D eigenvalue weighted by Gasteiger charge is 2.15. The molecule has 5 heteroatoms. The number of benzene rings is 1. The average molecular weight is 297 g/mol. The molecule has 1 aromatic carbocycles. The quantitative estimate of drug-likeness (QED) is 0.946. The smallest absolute Gasteiger partial charge is 0.144 e. The summed E-state index contributed by atoms with van der Waals surface area (Å²) >= 11 is 3.40. The lowest BCUT2D eigenvalue weighted by atomic mass is 10.2. The number of ether oxygens (including phenoxy) is 1. The SMILES string of the molecule is COc1ccccc1-c1nc(CO)c(Br)n1C. The Morgan fingerprint density at radius 3 is 2.71 bits per heavy atom. The first kappa shape index (κ1) is 12.1. The number of hydrogen-bond donors (Lipinski definition) is 1. The zero-order chi connectivity index (χ0) is 12.4. The molecule has 0 aliphatic rings. The number of nitrogens with zero attached hydrogens (tertiary/aromatic N) is 2. The van der Waals surface area contributed by atoms with Gasteiger partial charge in [0.2, 0.25) is 0 Å². The highest BCUT2D eigenvalue weighted by molar-refractivity contribution is 9.10. The molecule has 0 atom stereocenters. The molecule has 1 heterocycles. The van der Waals surface area contributed by atoms with E-state index in [9.17, 15) is 5.11 Å². The van der Waals surface area contributed by atoms with Crippen LogP contribution in [0, 0.1) is 0 Å². The zero-order valence-corrected chi connectivity index (χ0v) is 11.2. The van der Waals surface area contributed by atoms with E-state index in [1.54, 1.807) is 7.11 Å². The van der Waals surface area contributed by atoms with Gasteiger partial charge in [-0.05, 0) is 28.1 Å². The zero-order valence-electron chi connectivity index (χ0n) is 9.64. The molecule has 2 aromatic rings. The number of methoxy groups -OCH3 is 1. The van der Waals surface area contributed by atoms with Crippen molar-refractivity contribution in [3.8, 4) is 17.1 Å². The van der Waals surface area contributed by atoms with E-state index in [1.165, 1.54) is 0 Å². The van der Waals surface area contributed by atoms with Gasteiger partial charge in [0.25, 0.3) is 0 Å². The van der Waals surface area contributed by atoms with Gasteiger partial charge in [-0.25, -0.2) is 4.98 Å². The van der Waals surface area contributed by atoms with E-state index < -0.39 is 0 Å². The molecule has 0 amide bonds. The number of para-hydroxylation sites is 1. The standard InChI is InChI=1S/C12H13BrN2O2/c1-15-11(13)9(7-16)14-12(15)8-5-3-4-6-10(8)17-2/h3-6,16H,7H2,1-2H3. The first-order valence-corrected chi connectivity index (χ1v) is 5.93. The molecule has 17 heavy (non-hydrogen) atoms. The number of halogens is 1. The van der Waals surface area contributed by atoms with E-state index in [0.717, 1.165) is 21.7 Å². The molecular formula is C12H13BrN2O2. The molecule has 1 N–H and O–H groups in total. The van der Waals surface area contributed by atoms with Gasteiger partial charge in [-0.3, -0.25) is 0 Å². The van der Waals surface area contributed by atoms with E-state index in [-0.39, 0.29) is 6.61 Å². The fourth-order valence-corrected chi connectivity index (χ4v) is 2.09. The highest BCUT2D eigenvalue weighted by atomic mass is 79.9. The lowest BCUT2D eigenvalue weighted by molar-refractivity contribution is 0.276. The second kappa shape index (κ2) is 4.89. The molecule has 0 aliphatic carbocycles. The molecule has 1 aromatic heterocycles. The Morgan fingerprint density at radius 2 is 2.12 bits per heavy atom. The fraction of sp³-hybridized carbons (Fsp3) is 0.250. The molecule has 0 bridgehead atoms. The third kappa shape index (κ3) is 2.08. The predicted molar refractivity (Wildman–Crippen MR) is 68.8 cm³/mol. The maximum absolute atomic E-state index is 9.19. The van der Waals surface area contributed by atoms with E-state index >= 15 is 0 Å². The minimum Gasteiger partial charge on any atom is -0.496 e. The van der Waals surface area contributed by atoms with Crippen molar-refractivity contribution in [2.75, 3.05) is 7.11 Å². The van der Waals surface area contributed by atoms with Crippen molar-refractivity contribution in [2.24, 2.45) is 7.05 Å². The maximum atomic E-state index is 9.19. The van der Waals surface area contributed by atoms with Crippen LogP contribution in [0.1, 0.15) is 5.69 Å². The van der Waals surface area contributed by atoms with E-state index in [2.05, 4.69) is 20.9 Å². The molecule has 0 aliphatic heterocycles. The molecular weight excluding hydrogens is 284 g/mol. The summed E-state index contributed by atoms with van der Waals surface area (Å²) < 4.78 is 7.96. The van der Waals surface area contributed by atoms with Crippen molar-refractivity contribution in [3.05, 3.63) is 34.6 Å². The number of imidazole rings is 1. The molecule has 90 valence electrons. The van der Waals surface area contributed by atoms with E-state index in [0.29, 0.717) is 5.69 Å². The first-order valence-electron chi connectivity index (χ1n) is 5.14. The molecule has 0 unspecified atom stereocenters. The van der Waals surface area contributed by atoms with Gasteiger partial charge >= 0.3 is 0 Å². The second-order valence-electron chi connectivity index (χ2n) is 3.59. The summed E-state index contributed by atoms with van der Waals surface area (Å²) in [7, 11) is 3.52. The summed E-state index contributed by atoms with van der Waals surface area (Å²) in [6.45, 7) is -0.0937. The van der Waals surface area contributed by atoms with E-state index in [1.807, 2.05) is 35.9 Å². The monoisotopic (exact) mass is 296 g/mol. The molecule has 0 spiro atoms. The van der Waals surface area contributed by atoms with Crippen LogP contribution in [-0.2, 0) is 13.7 Å². The second-order valence-corrected chi connectivity index (χ2v) is 4.34. The molecule has 4 nitrogen and oxygen atoms in total. The summed E-state index contributed by atoms with van der Waals surface area (Å²) in [4.78, 5) is 4.39. The average Bonchev–Trinajstić information content (AvgIpc) is 2.66. The van der Waals surface area contributed by atoms with Gasteiger partial charge in [0.1, 0.15) is 16.2 Å². The van der Waals surface area contributed by atoms with Crippen LogP contribution in [0.5, 0.6) is 5.75 Å². The van der Waals surface area contributed by atoms with E-state index in [4.69, 9.17) is 4.74 Å². The predicted octanol–water partition coefficient (Wildman–Crippen LogP) is 2.35. The highest BCUT2D eigenvalue weighted by Crippen LogP contribution is 2.31. The van der Waals surface area contributed by atoms with Crippen LogP contribution < -0.4 is 4.74 Å². The molecule has 0 saturated heterocycles. The van der Waals surface area contributed by atoms with Crippen LogP contribution >= 0.6 is 15.9 Å². The third-order valence-electron chi connectivity index (χ3n) is 2.59. The number of aromatic nitrogens is 2. The van der Waals surface area contributed by atoms with Crippen molar-refractivity contribution < 1.29 is 9.84 Å². The van der Waals surface area contributed by atoms with Crippen molar-refractivity contribution in [1.82, 2.24) is 9.55 Å². The normalized spacial score (nSPS) is 10.6. The molecule has 0 radical (unpaired) electrons. The minimum atomic E-state index is -0.0937. The van der Waals surface area contributed by atoms with Crippen molar-refractivity contribution in [3.63, 3.8) is 0 Å². The van der Waals surface area contributed by atoms with Gasteiger partial charge in [0.15, 0.2) is 0 Å². The largest absolute Gasteiger partial charge is 0.496 e. The van der Waals surface area contributed by atoms with Gasteiger partial charge in [-0.1, -0.05) is 12.1 Å². The van der Waals surface area contributed by atoms with Crippen molar-refractivity contribution in [1.29, 1.82) is 0 Å². The Kier molecular flexibility index (Phi) is 3.49. The number of aliphatic hydroxyl groups excluding tert-OH is 1. The Bertz CT molecular complexity index is 537. The molecule has 2 rings (SSSR count). The summed E-state index contributed by atoms with van der Waals surface area (Å²) in [5.41, 5.74) is 1.52. The lowest BCUT2D eigenvalue weighted by Crippen LogP contribution is -1.95. The van der Waals surface area contributed by atoms with Gasteiger partial charge in [0.05, 0.1) is 25.0 Å². The number of aliphatic hydroxyl groups is 1. The van der Waals surface area contributed by atoms with Crippen LogP contribution in [0.2, 0.25) is 0 Å². The Labute approximate surface area is 108 Å². The topological polar surface area (TPSA) is 47.3 Å². The lowest BCUT2D eigenvalue weighted by Gasteiger charge is -2.07. The summed E-state index contributed by atoms with van der Waals surface area (Å²) in [6, 6.07) is 7.66. The van der Waals surface area contributed by atoms with Gasteiger partial charge in [-0.2, -0.15) is 0 Å². The van der Waals surface area contributed by atoms with Crippen molar-refractivity contribution >= 4 is 15.9 Å². The third-order valence-corrected chi connectivity index (χ3v) is 3.58. The van der Waals surface area contributed by atoms with Gasteiger partial charge in [-0.15, -0.1) is 0 Å². The van der Waals surface area contributed by atoms with Gasteiger partial charge in [0, 0.05) is 7.05 Å². The van der Waals surface area contributed by atoms with Crippen LogP contribution in [0.3, 0.4) is 0 Å². The summed E-state index contributed by atoms with van der Waals surface area (Å²) in [5.74, 6) is 1.52. The fourth-order valence-electron chi connectivity index (χ4n) is 1.71. The molecule has 0 fully saturated rings. The summed E-state index contributed by atoms with van der Waals surface area (Å²) in [6.07, 6.45) is 0. The molecule has 0 saturated carbocycles. The van der Waals surface area contributed by atoms with Crippen LogP contribution in [0.15, 0.2) is 28.9 Å². The Morgan fingerprint density at radius 1 is 1.41 bits per heavy atom. The Balaban J connectivity index is 2.60. The number of rotatable bonds is 3. The maximum Gasteiger partial charge on any atom is 0.144 e.